The van der Waals surface area contributed by atoms with Gasteiger partial charge < -0.3 is 10.4 Å². The van der Waals surface area contributed by atoms with E-state index < -0.39 is 11.6 Å². The van der Waals surface area contributed by atoms with Crippen LogP contribution >= 0.6 is 0 Å². The van der Waals surface area contributed by atoms with E-state index in [1.54, 1.807) is 24.3 Å². The maximum Gasteiger partial charge on any atom is 0.127 e. The molecule has 2 rings (SSSR count). The molecular weight excluding hydrogens is 236 g/mol. The van der Waals surface area contributed by atoms with Gasteiger partial charge in [-0.05, 0) is 35.9 Å². The molecule has 0 unspecified atom stereocenters. The first-order valence-electron chi connectivity index (χ1n) is 5.58. The molecule has 2 N–H and O–H groups in total. The zero-order chi connectivity index (χ0) is 13.0. The molecule has 0 saturated heterocycles. The third kappa shape index (κ3) is 3.28. The summed E-state index contributed by atoms with van der Waals surface area (Å²) >= 11 is 0. The quantitative estimate of drug-likeness (QED) is 0.873. The monoisotopic (exact) mass is 249 g/mol. The van der Waals surface area contributed by atoms with Gasteiger partial charge in [0.05, 0.1) is 0 Å². The molecule has 0 radical (unpaired) electrons. The van der Waals surface area contributed by atoms with E-state index in [2.05, 4.69) is 5.32 Å². The van der Waals surface area contributed by atoms with Crippen LogP contribution in [0.5, 0.6) is 5.75 Å². The van der Waals surface area contributed by atoms with Crippen LogP contribution in [0.2, 0.25) is 0 Å². The number of hydrogen-bond donors (Lipinski definition) is 2. The average Bonchev–Trinajstić information content (AvgIpc) is 2.36. The molecule has 2 aromatic carbocycles. The largest absolute Gasteiger partial charge is 0.508 e. The van der Waals surface area contributed by atoms with Crippen LogP contribution in [0.3, 0.4) is 0 Å². The molecule has 0 aliphatic carbocycles. The molecule has 18 heavy (non-hydrogen) atoms. The van der Waals surface area contributed by atoms with Gasteiger partial charge in [0.25, 0.3) is 0 Å². The number of phenols is 1. The number of hydrogen-bond acceptors (Lipinski definition) is 2. The summed E-state index contributed by atoms with van der Waals surface area (Å²) in [6.07, 6.45) is 0. The maximum absolute atomic E-state index is 13.3. The summed E-state index contributed by atoms with van der Waals surface area (Å²) in [5, 5.41) is 12.1. The molecule has 2 nitrogen and oxygen atoms in total. The van der Waals surface area contributed by atoms with E-state index in [1.165, 1.54) is 6.07 Å². The Hall–Kier alpha value is -1.94. The molecule has 2 aromatic rings. The Morgan fingerprint density at radius 1 is 0.944 bits per heavy atom. The molecule has 0 heterocycles. The molecule has 0 atom stereocenters. The second-order valence-electron chi connectivity index (χ2n) is 4.01. The fourth-order valence-electron chi connectivity index (χ4n) is 1.63. The van der Waals surface area contributed by atoms with Crippen LogP contribution in [0.15, 0.2) is 42.5 Å². The average molecular weight is 249 g/mol. The maximum atomic E-state index is 13.3. The van der Waals surface area contributed by atoms with Crippen LogP contribution in [-0.2, 0) is 13.1 Å². The highest BCUT2D eigenvalue weighted by atomic mass is 19.1. The van der Waals surface area contributed by atoms with Crippen molar-refractivity contribution in [2.75, 3.05) is 0 Å². The molecule has 0 aliphatic rings. The van der Waals surface area contributed by atoms with Crippen LogP contribution < -0.4 is 5.32 Å². The van der Waals surface area contributed by atoms with Crippen molar-refractivity contribution in [1.82, 2.24) is 5.32 Å². The van der Waals surface area contributed by atoms with Gasteiger partial charge in [0, 0.05) is 18.7 Å². The number of halogens is 2. The Balaban J connectivity index is 1.92. The third-order valence-electron chi connectivity index (χ3n) is 2.59. The van der Waals surface area contributed by atoms with E-state index >= 15 is 0 Å². The Kier molecular flexibility index (Phi) is 3.89. The van der Waals surface area contributed by atoms with Gasteiger partial charge in [-0.15, -0.1) is 0 Å². The van der Waals surface area contributed by atoms with Crippen LogP contribution in [0.1, 0.15) is 11.1 Å². The highest BCUT2D eigenvalue weighted by Crippen LogP contribution is 2.11. The number of aromatic hydroxyl groups is 1. The van der Waals surface area contributed by atoms with E-state index in [9.17, 15) is 8.78 Å². The first kappa shape index (κ1) is 12.5. The number of phenolic OH excluding ortho intramolecular Hbond substituents is 1. The highest BCUT2D eigenvalue weighted by molar-refractivity contribution is 5.26. The van der Waals surface area contributed by atoms with Crippen LogP contribution in [-0.4, -0.2) is 5.11 Å². The fraction of sp³-hybridized carbons (Fsp3) is 0.143. The van der Waals surface area contributed by atoms with E-state index in [4.69, 9.17) is 5.11 Å². The standard InChI is InChI=1S/C14H13F2NO/c15-12-3-6-14(16)11(7-12)9-17-8-10-1-4-13(18)5-2-10/h1-7,17-18H,8-9H2. The van der Waals surface area contributed by atoms with Crippen LogP contribution in [0, 0.1) is 11.6 Å². The predicted octanol–water partition coefficient (Wildman–Crippen LogP) is 2.96. The second kappa shape index (κ2) is 5.60. The Morgan fingerprint density at radius 3 is 2.39 bits per heavy atom. The van der Waals surface area contributed by atoms with Crippen molar-refractivity contribution >= 4 is 0 Å². The van der Waals surface area contributed by atoms with Crippen molar-refractivity contribution in [3.8, 4) is 5.75 Å². The van der Waals surface area contributed by atoms with Gasteiger partial charge in [-0.2, -0.15) is 0 Å². The predicted molar refractivity (Wildman–Crippen MR) is 65.0 cm³/mol. The summed E-state index contributed by atoms with van der Waals surface area (Å²) in [5.41, 5.74) is 1.26. The van der Waals surface area contributed by atoms with E-state index in [-0.39, 0.29) is 12.3 Å². The summed E-state index contributed by atoms with van der Waals surface area (Å²) in [5.74, 6) is -0.664. The molecule has 0 bridgehead atoms. The molecule has 0 aromatic heterocycles. The SMILES string of the molecule is Oc1ccc(CNCc2cc(F)ccc2F)cc1. The molecule has 0 fully saturated rings. The van der Waals surface area contributed by atoms with Gasteiger partial charge in [0.1, 0.15) is 17.4 Å². The minimum Gasteiger partial charge on any atom is -0.508 e. The lowest BCUT2D eigenvalue weighted by atomic mass is 10.2. The lowest BCUT2D eigenvalue weighted by Crippen LogP contribution is -2.13. The summed E-state index contributed by atoms with van der Waals surface area (Å²) in [4.78, 5) is 0. The van der Waals surface area contributed by atoms with Gasteiger partial charge in [0.15, 0.2) is 0 Å². The summed E-state index contributed by atoms with van der Waals surface area (Å²) < 4.78 is 26.2. The number of benzene rings is 2. The van der Waals surface area contributed by atoms with Gasteiger partial charge in [-0.25, -0.2) is 8.78 Å². The van der Waals surface area contributed by atoms with Gasteiger partial charge in [0.2, 0.25) is 0 Å². The normalized spacial score (nSPS) is 10.6. The molecular formula is C14H13F2NO. The first-order valence-corrected chi connectivity index (χ1v) is 5.58. The van der Waals surface area contributed by atoms with Crippen molar-refractivity contribution in [1.29, 1.82) is 0 Å². The Labute approximate surface area is 104 Å². The smallest absolute Gasteiger partial charge is 0.127 e. The first-order chi connectivity index (χ1) is 8.65. The molecule has 94 valence electrons. The molecule has 0 spiro atoms. The fourth-order valence-corrected chi connectivity index (χ4v) is 1.63. The second-order valence-corrected chi connectivity index (χ2v) is 4.01. The minimum absolute atomic E-state index is 0.204. The topological polar surface area (TPSA) is 32.3 Å². The lowest BCUT2D eigenvalue weighted by molar-refractivity contribution is 0.475. The van der Waals surface area contributed by atoms with Crippen molar-refractivity contribution in [2.24, 2.45) is 0 Å². The Bertz CT molecular complexity index is 526. The zero-order valence-electron chi connectivity index (χ0n) is 9.66. The highest BCUT2D eigenvalue weighted by Gasteiger charge is 2.03. The molecule has 0 aliphatic heterocycles. The minimum atomic E-state index is -0.446. The zero-order valence-corrected chi connectivity index (χ0v) is 9.66. The van der Waals surface area contributed by atoms with Gasteiger partial charge >= 0.3 is 0 Å². The van der Waals surface area contributed by atoms with E-state index in [1.807, 2.05) is 0 Å². The summed E-state index contributed by atoms with van der Waals surface area (Å²) in [6, 6.07) is 10.1. The van der Waals surface area contributed by atoms with Gasteiger partial charge in [-0.1, -0.05) is 12.1 Å². The lowest BCUT2D eigenvalue weighted by Gasteiger charge is -2.06. The molecule has 0 amide bonds. The van der Waals surface area contributed by atoms with Crippen molar-refractivity contribution < 1.29 is 13.9 Å². The molecule has 0 saturated carbocycles. The van der Waals surface area contributed by atoms with Gasteiger partial charge in [-0.3, -0.25) is 0 Å². The summed E-state index contributed by atoms with van der Waals surface area (Å²) in [7, 11) is 0. The summed E-state index contributed by atoms with van der Waals surface area (Å²) in [6.45, 7) is 0.778. The van der Waals surface area contributed by atoms with Crippen molar-refractivity contribution in [3.63, 3.8) is 0 Å². The number of nitrogens with one attached hydrogen (secondary N) is 1. The van der Waals surface area contributed by atoms with E-state index in [0.29, 0.717) is 12.1 Å². The Morgan fingerprint density at radius 2 is 1.67 bits per heavy atom. The van der Waals surface area contributed by atoms with Crippen molar-refractivity contribution in [2.45, 2.75) is 13.1 Å². The third-order valence-corrected chi connectivity index (χ3v) is 2.59. The van der Waals surface area contributed by atoms with Crippen molar-refractivity contribution in [3.05, 3.63) is 65.2 Å². The molecule has 4 heteroatoms. The van der Waals surface area contributed by atoms with E-state index in [0.717, 1.165) is 17.7 Å². The van der Waals surface area contributed by atoms with Crippen LogP contribution in [0.25, 0.3) is 0 Å². The van der Waals surface area contributed by atoms with Crippen LogP contribution in [0.4, 0.5) is 8.78 Å². The number of rotatable bonds is 4.